The van der Waals surface area contributed by atoms with Crippen LogP contribution < -0.4 is 4.90 Å². The number of nitrogens with zero attached hydrogens (tertiary/aromatic N) is 3. The lowest BCUT2D eigenvalue weighted by molar-refractivity contribution is -0.118. The smallest absolute Gasteiger partial charge is 0.229 e. The number of hydrogen-bond donors (Lipinski definition) is 0. The number of aryl methyl sites for hydroxylation is 1. The Balaban J connectivity index is 1.52. The molecular formula is C24H22BrN3O3S2. The number of thiazole rings is 1. The van der Waals surface area contributed by atoms with Crippen molar-refractivity contribution in [3.63, 3.8) is 0 Å². The molecular weight excluding hydrogens is 522 g/mol. The normalized spacial score (nSPS) is 11.6. The lowest BCUT2D eigenvalue weighted by Crippen LogP contribution is -2.30. The van der Waals surface area contributed by atoms with Crippen LogP contribution in [0.1, 0.15) is 24.1 Å². The number of carbonyl (C=O) groups is 1. The Bertz CT molecular complexity index is 1370. The molecule has 2 aromatic carbocycles. The molecule has 0 atom stereocenters. The number of sulfone groups is 1. The van der Waals surface area contributed by atoms with Gasteiger partial charge in [0.05, 0.1) is 33.1 Å². The lowest BCUT2D eigenvalue weighted by atomic mass is 10.2. The quantitative estimate of drug-likeness (QED) is 0.291. The maximum Gasteiger partial charge on any atom is 0.229 e. The van der Waals surface area contributed by atoms with E-state index in [0.29, 0.717) is 5.13 Å². The molecule has 4 rings (SSSR count). The minimum atomic E-state index is -3.45. The van der Waals surface area contributed by atoms with Crippen molar-refractivity contribution in [2.24, 2.45) is 0 Å². The second kappa shape index (κ2) is 10.1. The first kappa shape index (κ1) is 23.5. The summed E-state index contributed by atoms with van der Waals surface area (Å²) in [5.74, 6) is -0.274. The summed E-state index contributed by atoms with van der Waals surface area (Å²) in [5, 5.41) is 0.570. The number of hydrogen-bond acceptors (Lipinski definition) is 6. The molecule has 1 amide bonds. The van der Waals surface area contributed by atoms with Crippen LogP contribution in [0, 0.1) is 6.92 Å². The minimum Gasteiger partial charge on any atom is -0.282 e. The molecule has 0 unspecified atom stereocenters. The zero-order valence-electron chi connectivity index (χ0n) is 17.9. The Labute approximate surface area is 205 Å². The second-order valence-electron chi connectivity index (χ2n) is 7.64. The van der Waals surface area contributed by atoms with E-state index in [1.807, 2.05) is 43.3 Å². The first-order valence-electron chi connectivity index (χ1n) is 10.4. The molecule has 0 fully saturated rings. The summed E-state index contributed by atoms with van der Waals surface area (Å²) in [7, 11) is -3.45. The van der Waals surface area contributed by atoms with E-state index in [-0.39, 0.29) is 35.9 Å². The van der Waals surface area contributed by atoms with E-state index in [1.54, 1.807) is 35.4 Å². The predicted octanol–water partition coefficient (Wildman–Crippen LogP) is 5.55. The topological polar surface area (TPSA) is 80.2 Å². The molecule has 33 heavy (non-hydrogen) atoms. The van der Waals surface area contributed by atoms with Gasteiger partial charge in [0.2, 0.25) is 5.91 Å². The van der Waals surface area contributed by atoms with E-state index in [4.69, 9.17) is 0 Å². The summed E-state index contributed by atoms with van der Waals surface area (Å²) in [6, 6.07) is 18.1. The average molecular weight is 544 g/mol. The van der Waals surface area contributed by atoms with Crippen LogP contribution in [0.15, 0.2) is 76.2 Å². The van der Waals surface area contributed by atoms with E-state index in [2.05, 4.69) is 25.9 Å². The van der Waals surface area contributed by atoms with Gasteiger partial charge in [-0.3, -0.25) is 14.7 Å². The van der Waals surface area contributed by atoms with Crippen LogP contribution >= 0.6 is 27.3 Å². The van der Waals surface area contributed by atoms with Gasteiger partial charge < -0.3 is 0 Å². The Morgan fingerprint density at radius 3 is 2.61 bits per heavy atom. The molecule has 9 heteroatoms. The molecule has 6 nitrogen and oxygen atoms in total. The van der Waals surface area contributed by atoms with Crippen LogP contribution in [0.3, 0.4) is 0 Å². The Hall–Kier alpha value is -2.62. The largest absolute Gasteiger partial charge is 0.282 e. The Morgan fingerprint density at radius 1 is 1.09 bits per heavy atom. The lowest BCUT2D eigenvalue weighted by Gasteiger charge is -2.19. The van der Waals surface area contributed by atoms with Crippen LogP contribution in [0.25, 0.3) is 10.2 Å². The van der Waals surface area contributed by atoms with E-state index in [0.717, 1.165) is 25.9 Å². The van der Waals surface area contributed by atoms with Crippen LogP contribution in [0.4, 0.5) is 5.13 Å². The van der Waals surface area contributed by atoms with Crippen LogP contribution in [0.2, 0.25) is 0 Å². The highest BCUT2D eigenvalue weighted by Gasteiger charge is 2.22. The van der Waals surface area contributed by atoms with Gasteiger partial charge in [-0.15, -0.1) is 0 Å². The molecule has 0 aliphatic carbocycles. The van der Waals surface area contributed by atoms with Gasteiger partial charge in [0.1, 0.15) is 0 Å². The van der Waals surface area contributed by atoms with Crippen LogP contribution in [-0.4, -0.2) is 30.0 Å². The summed E-state index contributed by atoms with van der Waals surface area (Å²) < 4.78 is 27.2. The molecule has 0 radical (unpaired) electrons. The SMILES string of the molecule is Cc1ccc(S(=O)(=O)CCCC(=O)N(Cc2ccccn2)c2nc3ccc(Br)cc3s2)cc1. The van der Waals surface area contributed by atoms with Gasteiger partial charge in [0.25, 0.3) is 0 Å². The molecule has 2 heterocycles. The molecule has 2 aromatic heterocycles. The second-order valence-corrected chi connectivity index (χ2v) is 11.7. The number of anilines is 1. The van der Waals surface area contributed by atoms with E-state index >= 15 is 0 Å². The fourth-order valence-corrected chi connectivity index (χ4v) is 6.17. The summed E-state index contributed by atoms with van der Waals surface area (Å²) in [4.78, 5) is 24.1. The Kier molecular flexibility index (Phi) is 7.21. The number of carbonyl (C=O) groups excluding carboxylic acids is 1. The fraction of sp³-hybridized carbons (Fsp3) is 0.208. The van der Waals surface area contributed by atoms with Crippen molar-refractivity contribution in [2.45, 2.75) is 31.2 Å². The third-order valence-corrected chi connectivity index (χ3v) is 8.45. The number of pyridine rings is 1. The molecule has 0 spiro atoms. The van der Waals surface area contributed by atoms with Crippen LogP contribution in [0.5, 0.6) is 0 Å². The zero-order valence-corrected chi connectivity index (χ0v) is 21.2. The standard InChI is InChI=1S/C24H22BrN3O3S2/c1-17-7-10-20(11-8-17)33(30,31)14-4-6-23(29)28(16-19-5-2-3-13-26-19)24-27-21-12-9-18(25)15-22(21)32-24/h2-3,5,7-13,15H,4,6,14,16H2,1H3. The van der Waals surface area contributed by atoms with Gasteiger partial charge in [0.15, 0.2) is 15.0 Å². The number of halogens is 1. The highest BCUT2D eigenvalue weighted by atomic mass is 79.9. The number of rotatable bonds is 8. The number of amides is 1. The van der Waals surface area contributed by atoms with Gasteiger partial charge in [-0.05, 0) is 55.8 Å². The van der Waals surface area contributed by atoms with Crippen molar-refractivity contribution in [3.05, 3.63) is 82.6 Å². The Morgan fingerprint density at radius 2 is 1.88 bits per heavy atom. The number of aromatic nitrogens is 2. The van der Waals surface area contributed by atoms with Gasteiger partial charge >= 0.3 is 0 Å². The maximum absolute atomic E-state index is 13.2. The summed E-state index contributed by atoms with van der Waals surface area (Å²) in [6.45, 7) is 2.18. The fourth-order valence-electron chi connectivity index (χ4n) is 3.33. The average Bonchev–Trinajstić information content (AvgIpc) is 3.21. The first-order valence-corrected chi connectivity index (χ1v) is 13.6. The molecule has 0 saturated heterocycles. The molecule has 0 saturated carbocycles. The third-order valence-electron chi connectivity index (χ3n) is 5.10. The summed E-state index contributed by atoms with van der Waals surface area (Å²) in [5.41, 5.74) is 2.54. The molecule has 0 N–H and O–H groups in total. The van der Waals surface area contributed by atoms with Crippen molar-refractivity contribution in [1.82, 2.24) is 9.97 Å². The van der Waals surface area contributed by atoms with Crippen molar-refractivity contribution < 1.29 is 13.2 Å². The van der Waals surface area contributed by atoms with Crippen molar-refractivity contribution >= 4 is 58.4 Å². The van der Waals surface area contributed by atoms with Crippen LogP contribution in [-0.2, 0) is 21.2 Å². The van der Waals surface area contributed by atoms with Gasteiger partial charge in [-0.2, -0.15) is 0 Å². The molecule has 170 valence electrons. The van der Waals surface area contributed by atoms with E-state index in [9.17, 15) is 13.2 Å². The zero-order chi connectivity index (χ0) is 23.4. The first-order chi connectivity index (χ1) is 15.8. The number of benzene rings is 2. The van der Waals surface area contributed by atoms with E-state index in [1.165, 1.54) is 11.3 Å². The van der Waals surface area contributed by atoms with Crippen molar-refractivity contribution in [3.8, 4) is 0 Å². The monoisotopic (exact) mass is 543 g/mol. The van der Waals surface area contributed by atoms with Crippen molar-refractivity contribution in [2.75, 3.05) is 10.7 Å². The number of fused-ring (bicyclic) bond motifs is 1. The van der Waals surface area contributed by atoms with Gasteiger partial charge in [0, 0.05) is 17.1 Å². The van der Waals surface area contributed by atoms with Crippen molar-refractivity contribution in [1.29, 1.82) is 0 Å². The summed E-state index contributed by atoms with van der Waals surface area (Å²) >= 11 is 4.89. The highest BCUT2D eigenvalue weighted by molar-refractivity contribution is 9.10. The third kappa shape index (κ3) is 5.85. The van der Waals surface area contributed by atoms with Gasteiger partial charge in [-0.25, -0.2) is 13.4 Å². The molecule has 0 bridgehead atoms. The highest BCUT2D eigenvalue weighted by Crippen LogP contribution is 2.32. The minimum absolute atomic E-state index is 0.0913. The van der Waals surface area contributed by atoms with Gasteiger partial charge in [-0.1, -0.05) is 51.0 Å². The molecule has 4 aromatic rings. The summed E-state index contributed by atoms with van der Waals surface area (Å²) in [6.07, 6.45) is 2.00. The predicted molar refractivity (Wildman–Crippen MR) is 135 cm³/mol. The molecule has 0 aliphatic rings. The molecule has 0 aliphatic heterocycles. The van der Waals surface area contributed by atoms with E-state index < -0.39 is 9.84 Å². The maximum atomic E-state index is 13.2.